The van der Waals surface area contributed by atoms with Crippen molar-refractivity contribution < 1.29 is 19.2 Å². The summed E-state index contributed by atoms with van der Waals surface area (Å²) in [5.74, 6) is 0.833. The molecule has 2 aromatic carbocycles. The fraction of sp³-hybridized carbons (Fsp3) is 0.391. The maximum absolute atomic E-state index is 13.1. The summed E-state index contributed by atoms with van der Waals surface area (Å²) >= 11 is 1.58. The summed E-state index contributed by atoms with van der Waals surface area (Å²) in [6.07, 6.45) is 0.322. The second kappa shape index (κ2) is 10.0. The van der Waals surface area contributed by atoms with Gasteiger partial charge in [-0.25, -0.2) is 4.98 Å². The Kier molecular flexibility index (Phi) is 6.94. The summed E-state index contributed by atoms with van der Waals surface area (Å²) in [6.45, 7) is 7.51. The summed E-state index contributed by atoms with van der Waals surface area (Å²) in [5.41, 5.74) is 2.14. The van der Waals surface area contributed by atoms with E-state index in [0.29, 0.717) is 19.6 Å². The van der Waals surface area contributed by atoms with Crippen molar-refractivity contribution in [2.75, 3.05) is 50.9 Å². The summed E-state index contributed by atoms with van der Waals surface area (Å²) in [4.78, 5) is 21.2. The number of thiazole rings is 1. The second-order valence-corrected chi connectivity index (χ2v) is 8.55. The van der Waals surface area contributed by atoms with Gasteiger partial charge >= 0.3 is 0 Å². The summed E-state index contributed by atoms with van der Waals surface area (Å²) < 4.78 is 12.3. The Bertz CT molecular complexity index is 970. The lowest BCUT2D eigenvalue weighted by molar-refractivity contribution is -0.906. The van der Waals surface area contributed by atoms with Crippen molar-refractivity contribution in [3.05, 3.63) is 54.1 Å². The van der Waals surface area contributed by atoms with Crippen LogP contribution in [0.1, 0.15) is 12.0 Å². The zero-order valence-electron chi connectivity index (χ0n) is 17.3. The maximum atomic E-state index is 13.1. The van der Waals surface area contributed by atoms with Crippen LogP contribution in [0.2, 0.25) is 0 Å². The van der Waals surface area contributed by atoms with Crippen LogP contribution in [0.15, 0.2) is 48.5 Å². The number of aryl methyl sites for hydroxylation is 1. The number of carbonyl (C=O) groups excluding carboxylic acids is 1. The molecule has 1 N–H and O–H groups in total. The average molecular weight is 427 g/mol. The molecule has 0 spiro atoms. The van der Waals surface area contributed by atoms with Gasteiger partial charge in [-0.15, -0.1) is 0 Å². The van der Waals surface area contributed by atoms with Crippen LogP contribution in [0.4, 0.5) is 5.13 Å². The van der Waals surface area contributed by atoms with E-state index in [0.717, 1.165) is 53.9 Å². The molecular weight excluding hydrogens is 398 g/mol. The number of para-hydroxylation sites is 1. The Labute approximate surface area is 181 Å². The number of benzene rings is 2. The van der Waals surface area contributed by atoms with E-state index < -0.39 is 0 Å². The van der Waals surface area contributed by atoms with Gasteiger partial charge in [0.1, 0.15) is 18.8 Å². The quantitative estimate of drug-likeness (QED) is 0.601. The molecule has 1 aliphatic heterocycles. The van der Waals surface area contributed by atoms with Gasteiger partial charge in [0, 0.05) is 0 Å². The van der Waals surface area contributed by atoms with Crippen LogP contribution in [-0.2, 0) is 9.53 Å². The normalized spacial score (nSPS) is 14.7. The topological polar surface area (TPSA) is 56.1 Å². The van der Waals surface area contributed by atoms with E-state index in [1.54, 1.807) is 11.3 Å². The predicted molar refractivity (Wildman–Crippen MR) is 120 cm³/mol. The van der Waals surface area contributed by atoms with Gasteiger partial charge in [0.2, 0.25) is 5.91 Å². The highest BCUT2D eigenvalue weighted by Gasteiger charge is 2.23. The lowest BCUT2D eigenvalue weighted by Gasteiger charge is -2.26. The smallest absolute Gasteiger partial charge is 0.232 e. The summed E-state index contributed by atoms with van der Waals surface area (Å²) in [5, 5.41) is 0.771. The van der Waals surface area contributed by atoms with Gasteiger partial charge in [0.05, 0.1) is 49.5 Å². The molecule has 0 atom stereocenters. The molecular formula is C23H28N3O3S+. The number of hydrogen-bond acceptors (Lipinski definition) is 5. The van der Waals surface area contributed by atoms with Crippen molar-refractivity contribution in [1.29, 1.82) is 0 Å². The third-order valence-electron chi connectivity index (χ3n) is 5.28. The summed E-state index contributed by atoms with van der Waals surface area (Å²) in [6, 6.07) is 15.8. The van der Waals surface area contributed by atoms with Crippen molar-refractivity contribution >= 4 is 32.6 Å². The van der Waals surface area contributed by atoms with Crippen LogP contribution in [0.5, 0.6) is 5.75 Å². The Morgan fingerprint density at radius 1 is 1.20 bits per heavy atom. The number of nitrogens with zero attached hydrogens (tertiary/aromatic N) is 2. The van der Waals surface area contributed by atoms with Gasteiger partial charge in [-0.3, -0.25) is 9.69 Å². The van der Waals surface area contributed by atoms with Crippen LogP contribution in [0.25, 0.3) is 10.2 Å². The van der Waals surface area contributed by atoms with Crippen LogP contribution >= 0.6 is 11.3 Å². The van der Waals surface area contributed by atoms with Crippen LogP contribution in [-0.4, -0.2) is 56.9 Å². The Morgan fingerprint density at radius 3 is 2.80 bits per heavy atom. The number of fused-ring (bicyclic) bond motifs is 1. The molecule has 30 heavy (non-hydrogen) atoms. The third-order valence-corrected chi connectivity index (χ3v) is 6.32. The molecule has 4 rings (SSSR count). The van der Waals surface area contributed by atoms with Gasteiger partial charge in [0.15, 0.2) is 5.13 Å². The minimum Gasteiger partial charge on any atom is -0.493 e. The van der Waals surface area contributed by atoms with Gasteiger partial charge in [-0.2, -0.15) is 0 Å². The van der Waals surface area contributed by atoms with E-state index in [2.05, 4.69) is 19.1 Å². The van der Waals surface area contributed by atoms with Crippen molar-refractivity contribution in [2.24, 2.45) is 0 Å². The first-order chi connectivity index (χ1) is 14.7. The number of morpholine rings is 1. The van der Waals surface area contributed by atoms with E-state index in [-0.39, 0.29) is 5.91 Å². The number of anilines is 1. The Hall–Kier alpha value is -2.48. The SMILES string of the molecule is Cc1ccc2nc(N(CC[NH+]3CCOCC3)C(=O)CCOc3ccccc3)sc2c1. The molecule has 0 saturated carbocycles. The van der Waals surface area contributed by atoms with Crippen LogP contribution in [0, 0.1) is 6.92 Å². The van der Waals surface area contributed by atoms with E-state index in [1.165, 1.54) is 10.5 Å². The molecule has 158 valence electrons. The van der Waals surface area contributed by atoms with Crippen molar-refractivity contribution in [3.8, 4) is 5.75 Å². The lowest BCUT2D eigenvalue weighted by Crippen LogP contribution is -3.14. The highest BCUT2D eigenvalue weighted by atomic mass is 32.1. The highest BCUT2D eigenvalue weighted by molar-refractivity contribution is 7.22. The molecule has 1 amide bonds. The number of quaternary nitrogens is 1. The standard InChI is InChI=1S/C23H27N3O3S/c1-18-7-8-20-21(17-18)30-23(24-20)26(11-10-25-12-15-28-16-13-25)22(27)9-14-29-19-5-3-2-4-6-19/h2-8,17H,9-16H2,1H3/p+1. The van der Waals surface area contributed by atoms with Crippen molar-refractivity contribution in [3.63, 3.8) is 0 Å². The molecule has 7 heteroatoms. The number of hydrogen-bond donors (Lipinski definition) is 1. The largest absolute Gasteiger partial charge is 0.493 e. The third kappa shape index (κ3) is 5.36. The number of rotatable bonds is 8. The number of carbonyl (C=O) groups is 1. The number of nitrogens with one attached hydrogen (secondary N) is 1. The zero-order chi connectivity index (χ0) is 20.8. The van der Waals surface area contributed by atoms with E-state index in [9.17, 15) is 4.79 Å². The molecule has 0 aliphatic carbocycles. The second-order valence-electron chi connectivity index (χ2n) is 7.54. The first-order valence-electron chi connectivity index (χ1n) is 10.5. The van der Waals surface area contributed by atoms with Crippen LogP contribution in [0.3, 0.4) is 0 Å². The van der Waals surface area contributed by atoms with Crippen LogP contribution < -0.4 is 14.5 Å². The Morgan fingerprint density at radius 2 is 2.00 bits per heavy atom. The minimum atomic E-state index is 0.0503. The predicted octanol–water partition coefficient (Wildman–Crippen LogP) is 2.32. The number of ether oxygens (including phenoxy) is 2. The highest BCUT2D eigenvalue weighted by Crippen LogP contribution is 2.29. The average Bonchev–Trinajstić information content (AvgIpc) is 3.18. The van der Waals surface area contributed by atoms with Crippen molar-refractivity contribution in [2.45, 2.75) is 13.3 Å². The Balaban J connectivity index is 1.45. The lowest BCUT2D eigenvalue weighted by atomic mass is 10.2. The maximum Gasteiger partial charge on any atom is 0.232 e. The fourth-order valence-electron chi connectivity index (χ4n) is 3.55. The van der Waals surface area contributed by atoms with Gasteiger partial charge in [-0.05, 0) is 36.8 Å². The van der Waals surface area contributed by atoms with E-state index in [1.807, 2.05) is 41.3 Å². The molecule has 1 aromatic heterocycles. The first kappa shape index (κ1) is 20.8. The molecule has 1 fully saturated rings. The van der Waals surface area contributed by atoms with Gasteiger partial charge < -0.3 is 14.4 Å². The number of amides is 1. The monoisotopic (exact) mass is 426 g/mol. The molecule has 0 bridgehead atoms. The minimum absolute atomic E-state index is 0.0503. The molecule has 0 unspecified atom stereocenters. The van der Waals surface area contributed by atoms with Crippen molar-refractivity contribution in [1.82, 2.24) is 4.98 Å². The molecule has 6 nitrogen and oxygen atoms in total. The molecule has 3 aromatic rings. The molecule has 1 aliphatic rings. The summed E-state index contributed by atoms with van der Waals surface area (Å²) in [7, 11) is 0. The zero-order valence-corrected chi connectivity index (χ0v) is 18.1. The van der Waals surface area contributed by atoms with E-state index in [4.69, 9.17) is 14.5 Å². The molecule has 2 heterocycles. The van der Waals surface area contributed by atoms with E-state index >= 15 is 0 Å². The molecule has 0 radical (unpaired) electrons. The fourth-order valence-corrected chi connectivity index (χ4v) is 4.66. The van der Waals surface area contributed by atoms with Gasteiger partial charge in [0.25, 0.3) is 0 Å². The number of aromatic nitrogens is 1. The van der Waals surface area contributed by atoms with Gasteiger partial charge in [-0.1, -0.05) is 35.6 Å². The first-order valence-corrected chi connectivity index (χ1v) is 11.3. The molecule has 1 saturated heterocycles.